The van der Waals surface area contributed by atoms with Crippen LogP contribution in [0.25, 0.3) is 0 Å². The van der Waals surface area contributed by atoms with Crippen molar-refractivity contribution >= 4 is 23.8 Å². The maximum atomic E-state index is 6.30. The summed E-state index contributed by atoms with van der Waals surface area (Å²) in [7, 11) is 0. The van der Waals surface area contributed by atoms with E-state index in [1.807, 2.05) is 73.1 Å². The van der Waals surface area contributed by atoms with E-state index in [9.17, 15) is 0 Å². The number of unbranched alkanes of at least 4 members (excludes halogenated alkanes) is 29. The molecule has 0 amide bonds. The molecule has 0 atom stereocenters. The van der Waals surface area contributed by atoms with Crippen LogP contribution in [0.3, 0.4) is 0 Å². The summed E-state index contributed by atoms with van der Waals surface area (Å²) in [6, 6.07) is 28.6. The van der Waals surface area contributed by atoms with E-state index in [0.29, 0.717) is 13.2 Å². The van der Waals surface area contributed by atoms with Gasteiger partial charge in [0, 0.05) is 12.4 Å². The van der Waals surface area contributed by atoms with Crippen molar-refractivity contribution in [1.82, 2.24) is 0 Å². The second-order valence-electron chi connectivity index (χ2n) is 21.6. The summed E-state index contributed by atoms with van der Waals surface area (Å²) in [4.78, 5) is 9.53. The lowest BCUT2D eigenvalue weighted by molar-refractivity contribution is 0.258. The second-order valence-corrected chi connectivity index (χ2v) is 21.6. The van der Waals surface area contributed by atoms with Gasteiger partial charge in [-0.05, 0) is 135 Å². The molecule has 0 radical (unpaired) electrons. The van der Waals surface area contributed by atoms with Gasteiger partial charge >= 0.3 is 0 Å². The molecule has 0 heterocycles. The lowest BCUT2D eigenvalue weighted by atomic mass is 10.1. The molecule has 4 aromatic rings. The highest BCUT2D eigenvalue weighted by Gasteiger charge is 2.10. The molecule has 4 rings (SSSR count). The number of rotatable bonds is 51. The summed E-state index contributed by atoms with van der Waals surface area (Å²) in [6.45, 7) is 13.4. The highest BCUT2D eigenvalue weighted by molar-refractivity contribution is 5.84. The Morgan fingerprint density at radius 2 is 0.500 bits per heavy atom. The molecule has 0 fully saturated rings. The van der Waals surface area contributed by atoms with Gasteiger partial charge in [-0.2, -0.15) is 0 Å². The van der Waals surface area contributed by atoms with Crippen molar-refractivity contribution in [3.05, 3.63) is 96.1 Å². The first-order valence-corrected chi connectivity index (χ1v) is 31.9. The normalized spacial score (nSPS) is 11.5. The summed E-state index contributed by atoms with van der Waals surface area (Å²) in [5.74, 6) is 5.10. The minimum Gasteiger partial charge on any atom is -0.494 e. The summed E-state index contributed by atoms with van der Waals surface area (Å²) in [6.07, 6.45) is 46.0. The van der Waals surface area contributed by atoms with Gasteiger partial charge in [0.15, 0.2) is 23.0 Å². The zero-order valence-corrected chi connectivity index (χ0v) is 49.9. The molecule has 0 unspecified atom stereocenters. The van der Waals surface area contributed by atoms with E-state index < -0.39 is 0 Å². The Kier molecular flexibility index (Phi) is 38.5. The molecule has 0 N–H and O–H groups in total. The monoisotopic (exact) mass is 1070 g/mol. The predicted octanol–water partition coefficient (Wildman–Crippen LogP) is 21.5. The average molecular weight is 1070 g/mol. The molecule has 78 heavy (non-hydrogen) atoms. The number of aliphatic imine (C=N–C) groups is 2. The number of benzene rings is 4. The number of hydrogen-bond donors (Lipinski definition) is 0. The largest absolute Gasteiger partial charge is 0.494 e. The van der Waals surface area contributed by atoms with Crippen molar-refractivity contribution in [3.63, 3.8) is 0 Å². The lowest BCUT2D eigenvalue weighted by Gasteiger charge is -2.14. The van der Waals surface area contributed by atoms with Crippen LogP contribution >= 0.6 is 0 Å². The van der Waals surface area contributed by atoms with Crippen LogP contribution in [0.15, 0.2) is 94.9 Å². The molecule has 8 nitrogen and oxygen atoms in total. The zero-order valence-electron chi connectivity index (χ0n) is 49.9. The topological polar surface area (TPSA) is 80.1 Å². The third kappa shape index (κ3) is 32.2. The Morgan fingerprint density at radius 3 is 0.782 bits per heavy atom. The Hall–Kier alpha value is -4.98. The minimum atomic E-state index is 0.710. The predicted molar refractivity (Wildman–Crippen MR) is 333 cm³/mol. The van der Waals surface area contributed by atoms with E-state index in [-0.39, 0.29) is 0 Å². The van der Waals surface area contributed by atoms with E-state index in [4.69, 9.17) is 38.4 Å². The maximum absolute atomic E-state index is 6.30. The van der Waals surface area contributed by atoms with Gasteiger partial charge in [-0.1, -0.05) is 207 Å². The van der Waals surface area contributed by atoms with Crippen LogP contribution in [0.4, 0.5) is 11.4 Å². The molecule has 0 aliphatic carbocycles. The fourth-order valence-electron chi connectivity index (χ4n) is 9.49. The maximum Gasteiger partial charge on any atom is 0.161 e. The first-order chi connectivity index (χ1) is 38.6. The van der Waals surface area contributed by atoms with Gasteiger partial charge in [-0.15, -0.1) is 0 Å². The van der Waals surface area contributed by atoms with Crippen molar-refractivity contribution < 1.29 is 28.4 Å². The van der Waals surface area contributed by atoms with Crippen LogP contribution in [0, 0.1) is 0 Å². The molecule has 0 saturated carbocycles. The van der Waals surface area contributed by atoms with Crippen molar-refractivity contribution in [3.8, 4) is 34.5 Å². The molecule has 0 aromatic heterocycles. The van der Waals surface area contributed by atoms with Crippen LogP contribution in [0.2, 0.25) is 0 Å². The van der Waals surface area contributed by atoms with E-state index >= 15 is 0 Å². The highest BCUT2D eigenvalue weighted by atomic mass is 16.5. The van der Waals surface area contributed by atoms with Crippen LogP contribution in [0.1, 0.15) is 257 Å². The van der Waals surface area contributed by atoms with Crippen molar-refractivity contribution in [2.45, 2.75) is 246 Å². The number of hydrogen-bond acceptors (Lipinski definition) is 8. The van der Waals surface area contributed by atoms with Crippen molar-refractivity contribution in [2.75, 3.05) is 39.6 Å². The van der Waals surface area contributed by atoms with Crippen LogP contribution in [-0.4, -0.2) is 52.1 Å². The number of ether oxygens (including phenoxy) is 6. The fourth-order valence-corrected chi connectivity index (χ4v) is 9.49. The van der Waals surface area contributed by atoms with Crippen molar-refractivity contribution in [2.24, 2.45) is 9.98 Å². The van der Waals surface area contributed by atoms with Gasteiger partial charge in [-0.3, -0.25) is 9.98 Å². The SMILES string of the molecule is CCCCCCCCOc1ccc(C=Nc2ccc(OCCCCCCCCCCCCOc3ccc(N=Cc4ccc(OCCCCCCCC)c(OCCCCCCCC)c4)cc3)cc2)cc1OCCCCCCCC. The fraction of sp³-hybridized carbons (Fsp3) is 0.629. The quantitative estimate of drug-likeness (QED) is 0.0324. The van der Waals surface area contributed by atoms with Crippen LogP contribution < -0.4 is 28.4 Å². The molecule has 4 aromatic carbocycles. The summed E-state index contributed by atoms with van der Waals surface area (Å²) in [5, 5.41) is 0. The summed E-state index contributed by atoms with van der Waals surface area (Å²) < 4.78 is 37.2. The molecule has 434 valence electrons. The van der Waals surface area contributed by atoms with Gasteiger partial charge in [0.25, 0.3) is 0 Å². The third-order valence-corrected chi connectivity index (χ3v) is 14.4. The van der Waals surface area contributed by atoms with Gasteiger partial charge in [0.2, 0.25) is 0 Å². The van der Waals surface area contributed by atoms with E-state index in [0.717, 1.165) is 122 Å². The first kappa shape index (κ1) is 65.5. The minimum absolute atomic E-state index is 0.710. The smallest absolute Gasteiger partial charge is 0.161 e. The zero-order chi connectivity index (χ0) is 55.0. The average Bonchev–Trinajstić information content (AvgIpc) is 3.47. The molecular formula is C70H108N2O6. The summed E-state index contributed by atoms with van der Waals surface area (Å²) in [5.41, 5.74) is 3.81. The Balaban J connectivity index is 1.04. The second kappa shape index (κ2) is 45.8. The van der Waals surface area contributed by atoms with Crippen LogP contribution in [-0.2, 0) is 0 Å². The molecule has 0 bridgehead atoms. The van der Waals surface area contributed by atoms with E-state index in [2.05, 4.69) is 52.0 Å². The number of nitrogens with zero attached hydrogens (tertiary/aromatic N) is 2. The van der Waals surface area contributed by atoms with Crippen molar-refractivity contribution in [1.29, 1.82) is 0 Å². The molecule has 0 aliphatic rings. The molecular weight excluding hydrogens is 965 g/mol. The molecule has 0 aliphatic heterocycles. The van der Waals surface area contributed by atoms with Crippen LogP contribution in [0.5, 0.6) is 34.5 Å². The van der Waals surface area contributed by atoms with Gasteiger partial charge < -0.3 is 28.4 Å². The molecule has 0 spiro atoms. The summed E-state index contributed by atoms with van der Waals surface area (Å²) >= 11 is 0. The highest BCUT2D eigenvalue weighted by Crippen LogP contribution is 2.31. The van der Waals surface area contributed by atoms with E-state index in [1.165, 1.54) is 180 Å². The van der Waals surface area contributed by atoms with Gasteiger partial charge in [0.1, 0.15) is 11.5 Å². The standard InChI is InChI=1S/C70H108N2O6/c1-5-9-13-17-27-35-53-75-67-49-39-61(57-69(67)77-55-37-29-19-15-11-7-3)59-71-63-41-45-65(46-42-63)73-51-33-31-25-23-21-22-24-26-32-34-52-74-66-47-43-64(44-48-66)72-60-62-40-50-68(76-54-36-28-18-14-10-6-2)70(58-62)78-56-38-30-20-16-12-8-4/h39-50,57-60H,5-38,51-56H2,1-4H3. The Labute approximate surface area is 476 Å². The molecule has 0 saturated heterocycles. The lowest BCUT2D eigenvalue weighted by Crippen LogP contribution is -2.03. The van der Waals surface area contributed by atoms with Gasteiger partial charge in [-0.25, -0.2) is 0 Å². The third-order valence-electron chi connectivity index (χ3n) is 14.4. The van der Waals surface area contributed by atoms with Gasteiger partial charge in [0.05, 0.1) is 51.0 Å². The Bertz CT molecular complexity index is 1940. The molecule has 8 heteroatoms. The Morgan fingerprint density at radius 1 is 0.256 bits per heavy atom. The first-order valence-electron chi connectivity index (χ1n) is 31.9. The van der Waals surface area contributed by atoms with E-state index in [1.54, 1.807) is 0 Å².